The van der Waals surface area contributed by atoms with Gasteiger partial charge in [-0.3, -0.25) is 4.79 Å². The quantitative estimate of drug-likeness (QED) is 0.554. The van der Waals surface area contributed by atoms with Crippen molar-refractivity contribution in [1.29, 1.82) is 0 Å². The number of benzene rings is 2. The molecule has 3 amide bonds. The zero-order valence-electron chi connectivity index (χ0n) is 15.8. The molecule has 144 valence electrons. The van der Waals surface area contributed by atoms with Gasteiger partial charge < -0.3 is 21.9 Å². The van der Waals surface area contributed by atoms with Crippen LogP contribution in [0.3, 0.4) is 0 Å². The SMILES string of the molecule is Cc1cc(-n2cc(NC(N)=O)c(C(N)=O)n2)ccc1-c1ccc(O)c(C)c1C. The first kappa shape index (κ1) is 19.0. The Morgan fingerprint density at radius 2 is 1.71 bits per heavy atom. The van der Waals surface area contributed by atoms with Crippen LogP contribution >= 0.6 is 0 Å². The van der Waals surface area contributed by atoms with Gasteiger partial charge in [-0.05, 0) is 66.8 Å². The summed E-state index contributed by atoms with van der Waals surface area (Å²) in [7, 11) is 0. The minimum absolute atomic E-state index is 0.0782. The Balaban J connectivity index is 2.05. The molecule has 0 saturated carbocycles. The van der Waals surface area contributed by atoms with E-state index in [2.05, 4.69) is 10.4 Å². The van der Waals surface area contributed by atoms with Gasteiger partial charge in [0.15, 0.2) is 5.69 Å². The molecule has 0 radical (unpaired) electrons. The van der Waals surface area contributed by atoms with E-state index < -0.39 is 11.9 Å². The van der Waals surface area contributed by atoms with Crippen molar-refractivity contribution in [3.63, 3.8) is 0 Å². The number of aromatic hydroxyl groups is 1. The number of primary amides is 2. The van der Waals surface area contributed by atoms with Crippen LogP contribution in [0.1, 0.15) is 27.2 Å². The maximum Gasteiger partial charge on any atom is 0.316 e. The van der Waals surface area contributed by atoms with Gasteiger partial charge in [0.05, 0.1) is 17.6 Å². The van der Waals surface area contributed by atoms with Crippen LogP contribution in [0.4, 0.5) is 10.5 Å². The summed E-state index contributed by atoms with van der Waals surface area (Å²) in [5.41, 5.74) is 16.1. The summed E-state index contributed by atoms with van der Waals surface area (Å²) in [5, 5.41) is 16.4. The highest BCUT2D eigenvalue weighted by Gasteiger charge is 2.17. The van der Waals surface area contributed by atoms with Crippen LogP contribution in [0.15, 0.2) is 36.5 Å². The molecule has 1 aromatic heterocycles. The molecule has 0 unspecified atom stereocenters. The van der Waals surface area contributed by atoms with Crippen molar-refractivity contribution in [2.24, 2.45) is 11.5 Å². The Hall–Kier alpha value is -3.81. The Morgan fingerprint density at radius 1 is 1.04 bits per heavy atom. The predicted molar refractivity (Wildman–Crippen MR) is 107 cm³/mol. The topological polar surface area (TPSA) is 136 Å². The number of hydrogen-bond acceptors (Lipinski definition) is 4. The number of aryl methyl sites for hydroxylation is 1. The van der Waals surface area contributed by atoms with Gasteiger partial charge in [-0.25, -0.2) is 9.48 Å². The molecule has 0 bridgehead atoms. The lowest BCUT2D eigenvalue weighted by molar-refractivity contribution is 0.0996. The van der Waals surface area contributed by atoms with Gasteiger partial charge in [-0.1, -0.05) is 12.1 Å². The number of nitrogens with one attached hydrogen (secondary N) is 1. The normalized spacial score (nSPS) is 10.7. The minimum Gasteiger partial charge on any atom is -0.508 e. The highest BCUT2D eigenvalue weighted by atomic mass is 16.3. The van der Waals surface area contributed by atoms with Crippen molar-refractivity contribution in [3.8, 4) is 22.6 Å². The molecule has 1 heterocycles. The number of amides is 3. The Morgan fingerprint density at radius 3 is 2.32 bits per heavy atom. The van der Waals surface area contributed by atoms with E-state index in [1.54, 1.807) is 6.07 Å². The molecule has 0 fully saturated rings. The van der Waals surface area contributed by atoms with Gasteiger partial charge in [0, 0.05) is 0 Å². The summed E-state index contributed by atoms with van der Waals surface area (Å²) >= 11 is 0. The number of carbonyl (C=O) groups is 2. The molecule has 0 aliphatic carbocycles. The van der Waals surface area contributed by atoms with Crippen LogP contribution < -0.4 is 16.8 Å². The van der Waals surface area contributed by atoms with Gasteiger partial charge in [-0.15, -0.1) is 0 Å². The van der Waals surface area contributed by atoms with E-state index in [0.717, 1.165) is 27.8 Å². The van der Waals surface area contributed by atoms with E-state index in [1.807, 2.05) is 45.0 Å². The number of nitrogens with zero attached hydrogens (tertiary/aromatic N) is 2. The van der Waals surface area contributed by atoms with Gasteiger partial charge in [0.25, 0.3) is 5.91 Å². The molecule has 0 spiro atoms. The van der Waals surface area contributed by atoms with E-state index in [-0.39, 0.29) is 17.1 Å². The highest BCUT2D eigenvalue weighted by molar-refractivity contribution is 6.00. The van der Waals surface area contributed by atoms with Gasteiger partial charge >= 0.3 is 6.03 Å². The average molecular weight is 379 g/mol. The predicted octanol–water partition coefficient (Wildman–Crippen LogP) is 2.76. The van der Waals surface area contributed by atoms with Gasteiger partial charge in [0.1, 0.15) is 5.75 Å². The van der Waals surface area contributed by atoms with E-state index in [0.29, 0.717) is 5.69 Å². The molecule has 3 rings (SSSR count). The molecule has 0 aliphatic rings. The molecule has 0 aliphatic heterocycles. The van der Waals surface area contributed by atoms with E-state index in [4.69, 9.17) is 11.5 Å². The number of rotatable bonds is 4. The van der Waals surface area contributed by atoms with E-state index in [1.165, 1.54) is 10.9 Å². The van der Waals surface area contributed by atoms with Crippen LogP contribution in [-0.2, 0) is 0 Å². The van der Waals surface area contributed by atoms with Crippen molar-refractivity contribution in [1.82, 2.24) is 9.78 Å². The summed E-state index contributed by atoms with van der Waals surface area (Å²) < 4.78 is 1.46. The zero-order chi connectivity index (χ0) is 20.6. The van der Waals surface area contributed by atoms with Crippen LogP contribution in [0.25, 0.3) is 16.8 Å². The molecule has 0 saturated heterocycles. The average Bonchev–Trinajstić information content (AvgIpc) is 3.04. The van der Waals surface area contributed by atoms with Gasteiger partial charge in [-0.2, -0.15) is 5.10 Å². The third-order valence-electron chi connectivity index (χ3n) is 4.73. The smallest absolute Gasteiger partial charge is 0.316 e. The molecule has 6 N–H and O–H groups in total. The van der Waals surface area contributed by atoms with Crippen LogP contribution in [0.5, 0.6) is 5.75 Å². The maximum absolute atomic E-state index is 11.6. The van der Waals surface area contributed by atoms with Crippen molar-refractivity contribution in [2.75, 3.05) is 5.32 Å². The van der Waals surface area contributed by atoms with Crippen molar-refractivity contribution in [2.45, 2.75) is 20.8 Å². The van der Waals surface area contributed by atoms with Gasteiger partial charge in [0.2, 0.25) is 0 Å². The second kappa shape index (κ2) is 7.07. The first-order valence-corrected chi connectivity index (χ1v) is 8.55. The second-order valence-electron chi connectivity index (χ2n) is 6.57. The Bertz CT molecular complexity index is 1100. The number of aromatic nitrogens is 2. The molecule has 3 aromatic rings. The lowest BCUT2D eigenvalue weighted by atomic mass is 9.93. The highest BCUT2D eigenvalue weighted by Crippen LogP contribution is 2.33. The first-order valence-electron chi connectivity index (χ1n) is 8.55. The molecular weight excluding hydrogens is 358 g/mol. The summed E-state index contributed by atoms with van der Waals surface area (Å²) in [6.45, 7) is 5.80. The fourth-order valence-corrected chi connectivity index (χ4v) is 3.10. The maximum atomic E-state index is 11.6. The number of nitrogens with two attached hydrogens (primary N) is 2. The first-order chi connectivity index (χ1) is 13.2. The number of phenols is 1. The van der Waals surface area contributed by atoms with Crippen LogP contribution in [0.2, 0.25) is 0 Å². The van der Waals surface area contributed by atoms with Crippen molar-refractivity contribution >= 4 is 17.6 Å². The summed E-state index contributed by atoms with van der Waals surface area (Å²) in [6, 6.07) is 8.44. The third-order valence-corrected chi connectivity index (χ3v) is 4.73. The fraction of sp³-hybridized carbons (Fsp3) is 0.150. The summed E-state index contributed by atoms with van der Waals surface area (Å²) in [4.78, 5) is 22.7. The molecule has 2 aromatic carbocycles. The zero-order valence-corrected chi connectivity index (χ0v) is 15.8. The summed E-state index contributed by atoms with van der Waals surface area (Å²) in [6.07, 6.45) is 1.48. The number of anilines is 1. The van der Waals surface area contributed by atoms with Crippen LogP contribution in [0, 0.1) is 20.8 Å². The Kier molecular flexibility index (Phi) is 4.79. The number of hydrogen-bond donors (Lipinski definition) is 4. The van der Waals surface area contributed by atoms with E-state index >= 15 is 0 Å². The summed E-state index contributed by atoms with van der Waals surface area (Å²) in [5.74, 6) is -0.508. The van der Waals surface area contributed by atoms with Crippen molar-refractivity contribution in [3.05, 3.63) is 58.9 Å². The van der Waals surface area contributed by atoms with Crippen LogP contribution in [-0.4, -0.2) is 26.8 Å². The van der Waals surface area contributed by atoms with E-state index in [9.17, 15) is 14.7 Å². The van der Waals surface area contributed by atoms with Crippen molar-refractivity contribution < 1.29 is 14.7 Å². The molecule has 8 heteroatoms. The second-order valence-corrected chi connectivity index (χ2v) is 6.57. The lowest BCUT2D eigenvalue weighted by Gasteiger charge is -2.14. The number of phenolic OH excluding ortho intramolecular Hbond substituents is 1. The molecule has 28 heavy (non-hydrogen) atoms. The fourth-order valence-electron chi connectivity index (χ4n) is 3.10. The molecule has 8 nitrogen and oxygen atoms in total. The molecule has 0 atom stereocenters. The minimum atomic E-state index is -0.813. The lowest BCUT2D eigenvalue weighted by Crippen LogP contribution is -2.22. The third kappa shape index (κ3) is 3.39. The largest absolute Gasteiger partial charge is 0.508 e. The monoisotopic (exact) mass is 379 g/mol. The Labute approximate surface area is 161 Å². The number of carbonyl (C=O) groups excluding carboxylic acids is 2. The standard InChI is InChI=1S/C20H21N5O3/c1-10-8-13(25-9-16(23-20(22)28)18(24-25)19(21)27)4-5-14(10)15-6-7-17(26)12(3)11(15)2/h4-9,26H,1-3H3,(H2,21,27)(H3,22,23,28). The number of urea groups is 1. The molecular formula is C20H21N5O3.